The summed E-state index contributed by atoms with van der Waals surface area (Å²) in [7, 11) is 0. The van der Waals surface area contributed by atoms with Gasteiger partial charge < -0.3 is 15.2 Å². The van der Waals surface area contributed by atoms with Gasteiger partial charge in [-0.3, -0.25) is 4.79 Å². The molecule has 1 fully saturated rings. The van der Waals surface area contributed by atoms with Crippen LogP contribution in [-0.2, 0) is 11.3 Å². The van der Waals surface area contributed by atoms with Gasteiger partial charge in [0.25, 0.3) is 0 Å². The molecule has 0 aromatic carbocycles. The van der Waals surface area contributed by atoms with Crippen molar-refractivity contribution in [3.8, 4) is 0 Å². The lowest BCUT2D eigenvalue weighted by atomic mass is 10.1. The van der Waals surface area contributed by atoms with Crippen LogP contribution in [0.1, 0.15) is 45.3 Å². The number of rotatable bonds is 3. The zero-order valence-corrected chi connectivity index (χ0v) is 11.4. The Morgan fingerprint density at radius 2 is 2.33 bits per heavy atom. The smallest absolute Gasteiger partial charge is 0.243 e. The predicted octanol–water partition coefficient (Wildman–Crippen LogP) is 1.22. The molecule has 5 nitrogen and oxygen atoms in total. The minimum atomic E-state index is -0.0991. The summed E-state index contributed by atoms with van der Waals surface area (Å²) in [6.07, 6.45) is 5.52. The average Bonchev–Trinajstić information content (AvgIpc) is 2.74. The molecule has 2 N–H and O–H groups in total. The molecule has 2 rings (SSSR count). The van der Waals surface area contributed by atoms with Crippen LogP contribution in [0.15, 0.2) is 12.5 Å². The fraction of sp³-hybridized carbons (Fsp3) is 0.692. The van der Waals surface area contributed by atoms with E-state index in [-0.39, 0.29) is 17.5 Å². The molecule has 1 atom stereocenters. The van der Waals surface area contributed by atoms with E-state index in [1.165, 1.54) is 0 Å². The molecule has 0 bridgehead atoms. The van der Waals surface area contributed by atoms with Gasteiger partial charge in [-0.2, -0.15) is 0 Å². The zero-order chi connectivity index (χ0) is 13.2. The highest BCUT2D eigenvalue weighted by Crippen LogP contribution is 2.20. The Kier molecular flexibility index (Phi) is 3.71. The van der Waals surface area contributed by atoms with Gasteiger partial charge in [0, 0.05) is 24.8 Å². The summed E-state index contributed by atoms with van der Waals surface area (Å²) in [4.78, 5) is 16.0. The van der Waals surface area contributed by atoms with E-state index in [1.54, 1.807) is 6.33 Å². The van der Waals surface area contributed by atoms with Crippen molar-refractivity contribution in [1.82, 2.24) is 20.2 Å². The van der Waals surface area contributed by atoms with Crippen molar-refractivity contribution in [2.24, 2.45) is 0 Å². The van der Waals surface area contributed by atoms with E-state index in [2.05, 4.69) is 36.4 Å². The molecule has 18 heavy (non-hydrogen) atoms. The summed E-state index contributed by atoms with van der Waals surface area (Å²) in [6.45, 7) is 7.90. The number of nitrogens with zero attached hydrogens (tertiary/aromatic N) is 2. The van der Waals surface area contributed by atoms with Crippen LogP contribution < -0.4 is 10.6 Å². The van der Waals surface area contributed by atoms with Crippen molar-refractivity contribution in [2.75, 3.05) is 6.54 Å². The molecular formula is C13H22N4O. The molecule has 1 amide bonds. The average molecular weight is 250 g/mol. The number of piperidine rings is 1. The number of carbonyl (C=O) groups excluding carboxylic acids is 1. The number of carbonyl (C=O) groups is 1. The minimum Gasteiger partial charge on any atom is -0.354 e. The maximum atomic E-state index is 11.9. The Morgan fingerprint density at radius 1 is 1.56 bits per heavy atom. The fourth-order valence-electron chi connectivity index (χ4n) is 2.13. The molecule has 0 radical (unpaired) electrons. The highest BCUT2D eigenvalue weighted by molar-refractivity contribution is 5.81. The lowest BCUT2D eigenvalue weighted by Crippen LogP contribution is -2.39. The third kappa shape index (κ3) is 3.10. The molecule has 1 aliphatic heterocycles. The van der Waals surface area contributed by atoms with Gasteiger partial charge in [-0.25, -0.2) is 4.98 Å². The van der Waals surface area contributed by atoms with Crippen molar-refractivity contribution in [2.45, 2.75) is 51.7 Å². The van der Waals surface area contributed by atoms with E-state index in [9.17, 15) is 4.79 Å². The highest BCUT2D eigenvalue weighted by Gasteiger charge is 2.25. The first-order valence-corrected chi connectivity index (χ1v) is 6.51. The van der Waals surface area contributed by atoms with E-state index in [0.29, 0.717) is 0 Å². The van der Waals surface area contributed by atoms with Crippen molar-refractivity contribution >= 4 is 5.91 Å². The van der Waals surface area contributed by atoms with Gasteiger partial charge in [0.2, 0.25) is 5.91 Å². The Balaban J connectivity index is 2.09. The number of aromatic nitrogens is 2. The third-order valence-electron chi connectivity index (χ3n) is 3.14. The van der Waals surface area contributed by atoms with E-state index < -0.39 is 0 Å². The van der Waals surface area contributed by atoms with Crippen LogP contribution in [0.5, 0.6) is 0 Å². The largest absolute Gasteiger partial charge is 0.354 e. The summed E-state index contributed by atoms with van der Waals surface area (Å²) in [5, 5.41) is 6.34. The molecule has 1 aliphatic rings. The molecule has 2 heterocycles. The lowest BCUT2D eigenvalue weighted by Gasteiger charge is -2.26. The van der Waals surface area contributed by atoms with E-state index in [0.717, 1.165) is 31.6 Å². The predicted molar refractivity (Wildman–Crippen MR) is 70.1 cm³/mol. The standard InChI is InChI=1S/C13H22N4O/c1-13(2,3)16-8-10-7-14-9-17(10)11-5-4-6-15-12(11)18/h7,9,11,16H,4-6,8H2,1-3H3,(H,15,18). The molecule has 100 valence electrons. The number of amides is 1. The molecule has 5 heteroatoms. The molecule has 1 saturated heterocycles. The fourth-order valence-corrected chi connectivity index (χ4v) is 2.13. The van der Waals surface area contributed by atoms with E-state index in [4.69, 9.17) is 0 Å². The van der Waals surface area contributed by atoms with Gasteiger partial charge in [0.1, 0.15) is 6.04 Å². The van der Waals surface area contributed by atoms with Gasteiger partial charge in [-0.15, -0.1) is 0 Å². The molecule has 1 aromatic heterocycles. The number of nitrogens with one attached hydrogen (secondary N) is 2. The first-order chi connectivity index (χ1) is 8.47. The van der Waals surface area contributed by atoms with Crippen LogP contribution in [0.3, 0.4) is 0 Å². The molecule has 1 aromatic rings. The van der Waals surface area contributed by atoms with Crippen molar-refractivity contribution in [1.29, 1.82) is 0 Å². The Bertz CT molecular complexity index is 419. The van der Waals surface area contributed by atoms with Crippen LogP contribution in [0.25, 0.3) is 0 Å². The Labute approximate surface area is 108 Å². The SMILES string of the molecule is CC(C)(C)NCc1cncn1C1CCCNC1=O. The summed E-state index contributed by atoms with van der Waals surface area (Å²) >= 11 is 0. The van der Waals surface area contributed by atoms with Gasteiger partial charge in [0.15, 0.2) is 0 Å². The van der Waals surface area contributed by atoms with Gasteiger partial charge in [-0.1, -0.05) is 0 Å². The molecule has 1 unspecified atom stereocenters. The second-order valence-corrected chi connectivity index (χ2v) is 5.84. The van der Waals surface area contributed by atoms with Crippen molar-refractivity contribution in [3.05, 3.63) is 18.2 Å². The topological polar surface area (TPSA) is 59.0 Å². The van der Waals surface area contributed by atoms with Gasteiger partial charge in [0.05, 0.1) is 12.0 Å². The van der Waals surface area contributed by atoms with E-state index >= 15 is 0 Å². The quantitative estimate of drug-likeness (QED) is 0.848. The van der Waals surface area contributed by atoms with Crippen LogP contribution >= 0.6 is 0 Å². The number of hydrogen-bond donors (Lipinski definition) is 2. The molecule has 0 saturated carbocycles. The van der Waals surface area contributed by atoms with Gasteiger partial charge in [-0.05, 0) is 33.6 Å². The summed E-state index contributed by atoms with van der Waals surface area (Å²) < 4.78 is 1.99. The van der Waals surface area contributed by atoms with Crippen LogP contribution in [-0.4, -0.2) is 27.5 Å². The zero-order valence-electron chi connectivity index (χ0n) is 11.4. The van der Waals surface area contributed by atoms with Crippen LogP contribution in [0.4, 0.5) is 0 Å². The number of imidazole rings is 1. The first kappa shape index (κ1) is 13.1. The van der Waals surface area contributed by atoms with E-state index in [1.807, 2.05) is 10.8 Å². The summed E-state index contributed by atoms with van der Waals surface area (Å²) in [5.74, 6) is 0.108. The van der Waals surface area contributed by atoms with Gasteiger partial charge >= 0.3 is 0 Å². The summed E-state index contributed by atoms with van der Waals surface area (Å²) in [5.41, 5.74) is 1.12. The monoisotopic (exact) mass is 250 g/mol. The Morgan fingerprint density at radius 3 is 3.00 bits per heavy atom. The van der Waals surface area contributed by atoms with Crippen molar-refractivity contribution in [3.63, 3.8) is 0 Å². The van der Waals surface area contributed by atoms with Crippen LogP contribution in [0.2, 0.25) is 0 Å². The maximum Gasteiger partial charge on any atom is 0.243 e. The van der Waals surface area contributed by atoms with Crippen molar-refractivity contribution < 1.29 is 4.79 Å². The second kappa shape index (κ2) is 5.10. The highest BCUT2D eigenvalue weighted by atomic mass is 16.2. The first-order valence-electron chi connectivity index (χ1n) is 6.51. The molecular weight excluding hydrogens is 228 g/mol. The minimum absolute atomic E-state index is 0.0594. The number of hydrogen-bond acceptors (Lipinski definition) is 3. The maximum absolute atomic E-state index is 11.9. The Hall–Kier alpha value is -1.36. The normalized spacial score (nSPS) is 20.8. The van der Waals surface area contributed by atoms with Crippen LogP contribution in [0, 0.1) is 0 Å². The molecule has 0 aliphatic carbocycles. The second-order valence-electron chi connectivity index (χ2n) is 5.84. The summed E-state index contributed by atoms with van der Waals surface area (Å²) in [6, 6.07) is -0.0991. The molecule has 0 spiro atoms. The lowest BCUT2D eigenvalue weighted by molar-refractivity contribution is -0.125. The third-order valence-corrected chi connectivity index (χ3v) is 3.14.